The van der Waals surface area contributed by atoms with E-state index in [1.807, 2.05) is 5.40 Å². The van der Waals surface area contributed by atoms with Crippen molar-refractivity contribution in [1.29, 1.82) is 5.26 Å². The SMILES string of the molecule is N#CSc1ccc(NC(=O)NCCCN2C(=O)c3ccc(Br)cc3C2=O)cc1. The zero-order valence-corrected chi connectivity index (χ0v) is 17.0. The third-order valence-corrected chi connectivity index (χ3v) is 5.14. The zero-order valence-electron chi connectivity index (χ0n) is 14.6. The molecule has 0 radical (unpaired) electrons. The molecule has 28 heavy (non-hydrogen) atoms. The van der Waals surface area contributed by atoms with Crippen molar-refractivity contribution >= 4 is 51.2 Å². The van der Waals surface area contributed by atoms with Crippen molar-refractivity contribution in [3.63, 3.8) is 0 Å². The van der Waals surface area contributed by atoms with Crippen LogP contribution in [0.1, 0.15) is 27.1 Å². The molecule has 1 heterocycles. The fourth-order valence-corrected chi connectivity index (χ4v) is 3.48. The van der Waals surface area contributed by atoms with Gasteiger partial charge in [0.25, 0.3) is 11.8 Å². The van der Waals surface area contributed by atoms with Gasteiger partial charge in [-0.15, -0.1) is 0 Å². The highest BCUT2D eigenvalue weighted by Crippen LogP contribution is 2.26. The summed E-state index contributed by atoms with van der Waals surface area (Å²) in [4.78, 5) is 38.6. The lowest BCUT2D eigenvalue weighted by molar-refractivity contribution is 0.0653. The van der Waals surface area contributed by atoms with Gasteiger partial charge in [0, 0.05) is 28.1 Å². The number of hydrogen-bond acceptors (Lipinski definition) is 5. The van der Waals surface area contributed by atoms with Gasteiger partial charge >= 0.3 is 6.03 Å². The summed E-state index contributed by atoms with van der Waals surface area (Å²) in [5.74, 6) is -0.631. The normalized spacial score (nSPS) is 12.5. The number of thioether (sulfide) groups is 1. The fourth-order valence-electron chi connectivity index (χ4n) is 2.74. The molecule has 3 rings (SSSR count). The first-order valence-electron chi connectivity index (χ1n) is 8.36. The highest BCUT2D eigenvalue weighted by atomic mass is 79.9. The topological polar surface area (TPSA) is 102 Å². The lowest BCUT2D eigenvalue weighted by atomic mass is 10.1. The molecule has 1 aliphatic heterocycles. The number of anilines is 1. The van der Waals surface area contributed by atoms with Crippen LogP contribution in [0.15, 0.2) is 51.8 Å². The number of halogens is 1. The molecule has 4 amide bonds. The maximum atomic E-state index is 12.4. The van der Waals surface area contributed by atoms with Crippen LogP contribution in [0.2, 0.25) is 0 Å². The lowest BCUT2D eigenvalue weighted by Gasteiger charge is -2.14. The van der Waals surface area contributed by atoms with Crippen LogP contribution < -0.4 is 10.6 Å². The van der Waals surface area contributed by atoms with Gasteiger partial charge in [-0.1, -0.05) is 15.9 Å². The Bertz CT molecular complexity index is 972. The first-order valence-corrected chi connectivity index (χ1v) is 9.97. The van der Waals surface area contributed by atoms with E-state index in [-0.39, 0.29) is 24.4 Å². The van der Waals surface area contributed by atoms with Crippen molar-refractivity contribution in [2.75, 3.05) is 18.4 Å². The average Bonchev–Trinajstić information content (AvgIpc) is 2.91. The predicted molar refractivity (Wildman–Crippen MR) is 109 cm³/mol. The van der Waals surface area contributed by atoms with Crippen LogP contribution >= 0.6 is 27.7 Å². The van der Waals surface area contributed by atoms with Crippen LogP contribution in [0.3, 0.4) is 0 Å². The molecular weight excluding hydrogens is 444 g/mol. The molecular formula is C19H15BrN4O3S. The van der Waals surface area contributed by atoms with Gasteiger partial charge in [-0.05, 0) is 60.6 Å². The second-order valence-corrected chi connectivity index (χ2v) is 7.68. The number of hydrogen-bond donors (Lipinski definition) is 2. The summed E-state index contributed by atoms with van der Waals surface area (Å²) in [6, 6.07) is 11.5. The van der Waals surface area contributed by atoms with Crippen molar-refractivity contribution < 1.29 is 14.4 Å². The largest absolute Gasteiger partial charge is 0.338 e. The van der Waals surface area contributed by atoms with Crippen molar-refractivity contribution in [2.24, 2.45) is 0 Å². The Kier molecular flexibility index (Phi) is 6.34. The Labute approximate surface area is 174 Å². The van der Waals surface area contributed by atoms with E-state index in [2.05, 4.69) is 26.6 Å². The van der Waals surface area contributed by atoms with Gasteiger partial charge in [-0.25, -0.2) is 4.79 Å². The molecule has 2 aromatic rings. The Morgan fingerprint density at radius 2 is 1.82 bits per heavy atom. The fraction of sp³-hybridized carbons (Fsp3) is 0.158. The molecule has 0 aromatic heterocycles. The Balaban J connectivity index is 1.44. The number of rotatable bonds is 6. The summed E-state index contributed by atoms with van der Waals surface area (Å²) in [6.07, 6.45) is 0.442. The van der Waals surface area contributed by atoms with Crippen LogP contribution in [-0.2, 0) is 0 Å². The van der Waals surface area contributed by atoms with Crippen LogP contribution in [0, 0.1) is 10.7 Å². The van der Waals surface area contributed by atoms with Crippen molar-refractivity contribution in [1.82, 2.24) is 10.2 Å². The van der Waals surface area contributed by atoms with Crippen LogP contribution in [0.4, 0.5) is 10.5 Å². The second-order valence-electron chi connectivity index (χ2n) is 5.90. The molecule has 0 unspecified atom stereocenters. The van der Waals surface area contributed by atoms with E-state index in [1.54, 1.807) is 42.5 Å². The first kappa shape index (κ1) is 19.9. The second kappa shape index (κ2) is 8.91. The molecule has 2 aromatic carbocycles. The minimum Gasteiger partial charge on any atom is -0.338 e. The number of nitrogens with zero attached hydrogens (tertiary/aromatic N) is 2. The highest BCUT2D eigenvalue weighted by Gasteiger charge is 2.34. The number of thiocyanates is 1. The first-order chi connectivity index (χ1) is 13.5. The quantitative estimate of drug-likeness (QED) is 0.296. The van der Waals surface area contributed by atoms with Gasteiger partial charge in [-0.2, -0.15) is 5.26 Å². The molecule has 7 nitrogen and oxygen atoms in total. The smallest absolute Gasteiger partial charge is 0.319 e. The maximum Gasteiger partial charge on any atom is 0.319 e. The number of benzene rings is 2. The van der Waals surface area contributed by atoms with Crippen LogP contribution in [-0.4, -0.2) is 35.8 Å². The van der Waals surface area contributed by atoms with Gasteiger partial charge < -0.3 is 10.6 Å². The van der Waals surface area contributed by atoms with E-state index in [4.69, 9.17) is 5.26 Å². The molecule has 0 saturated carbocycles. The standard InChI is InChI=1S/C19H15BrN4O3S/c20-12-2-7-15-16(10-12)18(26)24(17(15)25)9-1-8-22-19(27)23-13-3-5-14(6-4-13)28-11-21/h2-7,10H,1,8-9H2,(H2,22,23,27). The summed E-state index contributed by atoms with van der Waals surface area (Å²) in [5, 5.41) is 16.0. The van der Waals surface area contributed by atoms with Gasteiger partial charge in [-0.3, -0.25) is 14.5 Å². The summed E-state index contributed by atoms with van der Waals surface area (Å²) < 4.78 is 0.742. The molecule has 0 aliphatic carbocycles. The monoisotopic (exact) mass is 458 g/mol. The van der Waals surface area contributed by atoms with Crippen molar-refractivity contribution in [3.8, 4) is 5.40 Å². The summed E-state index contributed by atoms with van der Waals surface area (Å²) >= 11 is 4.34. The molecule has 9 heteroatoms. The van der Waals surface area contributed by atoms with Crippen LogP contribution in [0.25, 0.3) is 0 Å². The number of amides is 4. The Morgan fingerprint density at radius 1 is 1.11 bits per heavy atom. The zero-order chi connectivity index (χ0) is 20.1. The minimum atomic E-state index is -0.382. The number of urea groups is 1. The van der Waals surface area contributed by atoms with E-state index in [1.165, 1.54) is 4.90 Å². The number of carbonyl (C=O) groups is 3. The number of imide groups is 1. The molecule has 0 bridgehead atoms. The van der Waals surface area contributed by atoms with E-state index < -0.39 is 0 Å². The maximum absolute atomic E-state index is 12.4. The minimum absolute atomic E-state index is 0.227. The predicted octanol–water partition coefficient (Wildman–Crippen LogP) is 3.83. The molecule has 0 spiro atoms. The van der Waals surface area contributed by atoms with E-state index in [0.29, 0.717) is 29.8 Å². The van der Waals surface area contributed by atoms with Gasteiger partial charge in [0.15, 0.2) is 0 Å². The number of fused-ring (bicyclic) bond motifs is 1. The van der Waals surface area contributed by atoms with Crippen LogP contribution in [0.5, 0.6) is 0 Å². The average molecular weight is 459 g/mol. The third kappa shape index (κ3) is 4.52. The highest BCUT2D eigenvalue weighted by molar-refractivity contribution is 9.10. The van der Waals surface area contributed by atoms with E-state index in [9.17, 15) is 14.4 Å². The van der Waals surface area contributed by atoms with E-state index >= 15 is 0 Å². The van der Waals surface area contributed by atoms with Crippen molar-refractivity contribution in [2.45, 2.75) is 11.3 Å². The third-order valence-electron chi connectivity index (χ3n) is 4.05. The number of nitriles is 1. The molecule has 1 aliphatic rings. The van der Waals surface area contributed by atoms with Gasteiger partial charge in [0.2, 0.25) is 0 Å². The van der Waals surface area contributed by atoms with E-state index in [0.717, 1.165) is 21.1 Å². The number of nitrogens with one attached hydrogen (secondary N) is 2. The van der Waals surface area contributed by atoms with Gasteiger partial charge in [0.1, 0.15) is 5.40 Å². The Morgan fingerprint density at radius 3 is 2.54 bits per heavy atom. The molecule has 142 valence electrons. The summed E-state index contributed by atoms with van der Waals surface area (Å²) in [5.41, 5.74) is 1.39. The molecule has 2 N–H and O–H groups in total. The lowest BCUT2D eigenvalue weighted by Crippen LogP contribution is -2.35. The Hall–Kier alpha value is -2.83. The van der Waals surface area contributed by atoms with Gasteiger partial charge in [0.05, 0.1) is 11.1 Å². The summed E-state index contributed by atoms with van der Waals surface area (Å²) in [6.45, 7) is 0.537. The summed E-state index contributed by atoms with van der Waals surface area (Å²) in [7, 11) is 0. The molecule has 0 fully saturated rings. The molecule has 0 atom stereocenters. The van der Waals surface area contributed by atoms with Crippen molar-refractivity contribution in [3.05, 3.63) is 58.1 Å². The molecule has 0 saturated heterocycles. The number of carbonyl (C=O) groups excluding carboxylic acids is 3.